The number of hydrogen-bond acceptors (Lipinski definition) is 2. The summed E-state index contributed by atoms with van der Waals surface area (Å²) in [5.74, 6) is 0.257. The molecule has 0 aliphatic carbocycles. The van der Waals surface area contributed by atoms with E-state index in [0.29, 0.717) is 12.3 Å². The molecular formula is C10H17NO2. The van der Waals surface area contributed by atoms with Gasteiger partial charge in [0.05, 0.1) is 0 Å². The van der Waals surface area contributed by atoms with Crippen LogP contribution in [0.4, 0.5) is 0 Å². The van der Waals surface area contributed by atoms with Crippen LogP contribution in [0.15, 0.2) is 0 Å². The van der Waals surface area contributed by atoms with Gasteiger partial charge in [-0.05, 0) is 5.92 Å². The van der Waals surface area contributed by atoms with Gasteiger partial charge in [0.1, 0.15) is 0 Å². The summed E-state index contributed by atoms with van der Waals surface area (Å²) < 4.78 is 0. The number of imide groups is 1. The van der Waals surface area contributed by atoms with E-state index < -0.39 is 0 Å². The second-order valence-electron chi connectivity index (χ2n) is 3.87. The minimum Gasteiger partial charge on any atom is -0.285 e. The molecule has 1 aliphatic rings. The molecule has 1 rings (SSSR count). The minimum atomic E-state index is -0.0579. The Morgan fingerprint density at radius 2 is 2.15 bits per heavy atom. The Bertz CT molecular complexity index is 225. The van der Waals surface area contributed by atoms with Crippen LogP contribution in [0.25, 0.3) is 0 Å². The predicted octanol–water partition coefficient (Wildman–Crippen LogP) is 1.43. The molecule has 1 saturated heterocycles. The SMILES string of the molecule is CCCC(C)C1CC(=O)N(C)C1=O. The van der Waals surface area contributed by atoms with Crippen molar-refractivity contribution in [2.45, 2.75) is 33.1 Å². The van der Waals surface area contributed by atoms with Gasteiger partial charge in [0.25, 0.3) is 0 Å². The maximum absolute atomic E-state index is 11.5. The first kappa shape index (κ1) is 10.2. The Morgan fingerprint density at radius 1 is 1.54 bits per heavy atom. The molecule has 3 nitrogen and oxygen atoms in total. The van der Waals surface area contributed by atoms with Crippen LogP contribution < -0.4 is 0 Å². The van der Waals surface area contributed by atoms with Crippen molar-refractivity contribution in [3.63, 3.8) is 0 Å². The molecule has 3 heteroatoms. The van der Waals surface area contributed by atoms with Crippen LogP contribution in [0.1, 0.15) is 33.1 Å². The van der Waals surface area contributed by atoms with Gasteiger partial charge in [0.15, 0.2) is 0 Å². The van der Waals surface area contributed by atoms with Crippen molar-refractivity contribution in [2.75, 3.05) is 7.05 Å². The van der Waals surface area contributed by atoms with Crippen molar-refractivity contribution >= 4 is 11.8 Å². The van der Waals surface area contributed by atoms with Gasteiger partial charge in [0, 0.05) is 19.4 Å². The number of rotatable bonds is 3. The smallest absolute Gasteiger partial charge is 0.232 e. The Morgan fingerprint density at radius 3 is 2.54 bits per heavy atom. The summed E-state index contributed by atoms with van der Waals surface area (Å²) in [7, 11) is 1.57. The van der Waals surface area contributed by atoms with Crippen LogP contribution in [0.5, 0.6) is 0 Å². The minimum absolute atomic E-state index is 0.00551. The first-order chi connectivity index (χ1) is 6.07. The van der Waals surface area contributed by atoms with Crippen molar-refractivity contribution in [1.29, 1.82) is 0 Å². The molecule has 0 saturated carbocycles. The van der Waals surface area contributed by atoms with Crippen molar-refractivity contribution in [3.05, 3.63) is 0 Å². The van der Waals surface area contributed by atoms with E-state index in [9.17, 15) is 9.59 Å². The standard InChI is InChI=1S/C10H17NO2/c1-4-5-7(2)8-6-9(12)11(3)10(8)13/h7-8H,4-6H2,1-3H3. The summed E-state index contributed by atoms with van der Waals surface area (Å²) in [5, 5.41) is 0. The summed E-state index contributed by atoms with van der Waals surface area (Å²) in [6.07, 6.45) is 2.51. The number of likely N-dealkylation sites (tertiary alicyclic amines) is 1. The lowest BCUT2D eigenvalue weighted by Crippen LogP contribution is -2.27. The first-order valence-electron chi connectivity index (χ1n) is 4.88. The molecule has 2 amide bonds. The number of amides is 2. The highest BCUT2D eigenvalue weighted by Crippen LogP contribution is 2.28. The van der Waals surface area contributed by atoms with Crippen LogP contribution in [-0.4, -0.2) is 23.8 Å². The van der Waals surface area contributed by atoms with E-state index in [0.717, 1.165) is 12.8 Å². The topological polar surface area (TPSA) is 37.4 Å². The largest absolute Gasteiger partial charge is 0.285 e. The summed E-state index contributed by atoms with van der Waals surface area (Å²) in [4.78, 5) is 24.0. The molecule has 74 valence electrons. The second kappa shape index (κ2) is 3.90. The van der Waals surface area contributed by atoms with E-state index in [4.69, 9.17) is 0 Å². The number of hydrogen-bond donors (Lipinski definition) is 0. The van der Waals surface area contributed by atoms with Gasteiger partial charge in [-0.1, -0.05) is 26.7 Å². The molecule has 0 aromatic heterocycles. The molecule has 0 N–H and O–H groups in total. The molecule has 2 unspecified atom stereocenters. The zero-order valence-corrected chi connectivity index (χ0v) is 8.54. The molecular weight excluding hydrogens is 166 g/mol. The Hall–Kier alpha value is -0.860. The zero-order chi connectivity index (χ0) is 10.0. The van der Waals surface area contributed by atoms with Crippen molar-refractivity contribution in [1.82, 2.24) is 4.90 Å². The van der Waals surface area contributed by atoms with E-state index in [1.807, 2.05) is 0 Å². The molecule has 0 spiro atoms. The Kier molecular flexibility index (Phi) is 3.07. The van der Waals surface area contributed by atoms with Gasteiger partial charge >= 0.3 is 0 Å². The van der Waals surface area contributed by atoms with Gasteiger partial charge in [-0.2, -0.15) is 0 Å². The molecule has 1 aliphatic heterocycles. The zero-order valence-electron chi connectivity index (χ0n) is 8.54. The highest BCUT2D eigenvalue weighted by Gasteiger charge is 2.38. The monoisotopic (exact) mass is 183 g/mol. The molecule has 0 bridgehead atoms. The van der Waals surface area contributed by atoms with Crippen LogP contribution >= 0.6 is 0 Å². The van der Waals surface area contributed by atoms with Gasteiger partial charge < -0.3 is 0 Å². The highest BCUT2D eigenvalue weighted by atomic mass is 16.2. The van der Waals surface area contributed by atoms with Crippen LogP contribution in [0.3, 0.4) is 0 Å². The quantitative estimate of drug-likeness (QED) is 0.621. The third-order valence-electron chi connectivity index (χ3n) is 2.85. The fourth-order valence-electron chi connectivity index (χ4n) is 1.89. The maximum Gasteiger partial charge on any atom is 0.232 e. The highest BCUT2D eigenvalue weighted by molar-refractivity contribution is 6.03. The lowest BCUT2D eigenvalue weighted by molar-refractivity contribution is -0.138. The fraction of sp³-hybridized carbons (Fsp3) is 0.800. The van der Waals surface area contributed by atoms with Gasteiger partial charge in [-0.25, -0.2) is 0 Å². The second-order valence-corrected chi connectivity index (χ2v) is 3.87. The van der Waals surface area contributed by atoms with Crippen molar-refractivity contribution in [3.8, 4) is 0 Å². The average Bonchev–Trinajstić information content (AvgIpc) is 2.33. The van der Waals surface area contributed by atoms with Gasteiger partial charge in [-0.15, -0.1) is 0 Å². The van der Waals surface area contributed by atoms with Crippen LogP contribution in [0, 0.1) is 11.8 Å². The fourth-order valence-corrected chi connectivity index (χ4v) is 1.89. The first-order valence-corrected chi connectivity index (χ1v) is 4.88. The number of carbonyl (C=O) groups excluding carboxylic acids is 2. The average molecular weight is 183 g/mol. The van der Waals surface area contributed by atoms with E-state index >= 15 is 0 Å². The molecule has 0 aromatic rings. The molecule has 0 radical (unpaired) electrons. The van der Waals surface area contributed by atoms with Gasteiger partial charge in [-0.3, -0.25) is 14.5 Å². The summed E-state index contributed by atoms with van der Waals surface area (Å²) in [6, 6.07) is 0. The maximum atomic E-state index is 11.5. The van der Waals surface area contributed by atoms with Crippen LogP contribution in [0.2, 0.25) is 0 Å². The lowest BCUT2D eigenvalue weighted by Gasteiger charge is -2.15. The normalized spacial score (nSPS) is 25.5. The van der Waals surface area contributed by atoms with E-state index in [1.54, 1.807) is 7.05 Å². The summed E-state index contributed by atoms with van der Waals surface area (Å²) in [6.45, 7) is 4.15. The summed E-state index contributed by atoms with van der Waals surface area (Å²) >= 11 is 0. The molecule has 2 atom stereocenters. The molecule has 1 heterocycles. The van der Waals surface area contributed by atoms with Crippen molar-refractivity contribution < 1.29 is 9.59 Å². The molecule has 1 fully saturated rings. The van der Waals surface area contributed by atoms with E-state index in [2.05, 4.69) is 13.8 Å². The van der Waals surface area contributed by atoms with E-state index in [-0.39, 0.29) is 17.7 Å². The Balaban J connectivity index is 2.62. The number of carbonyl (C=O) groups is 2. The number of nitrogens with zero attached hydrogens (tertiary/aromatic N) is 1. The molecule has 0 aromatic carbocycles. The molecule has 13 heavy (non-hydrogen) atoms. The van der Waals surface area contributed by atoms with Crippen LogP contribution in [-0.2, 0) is 9.59 Å². The Labute approximate surface area is 79.1 Å². The van der Waals surface area contributed by atoms with Crippen molar-refractivity contribution in [2.24, 2.45) is 11.8 Å². The third-order valence-corrected chi connectivity index (χ3v) is 2.85. The third kappa shape index (κ3) is 1.90. The predicted molar refractivity (Wildman–Crippen MR) is 50.0 cm³/mol. The summed E-state index contributed by atoms with van der Waals surface area (Å²) in [5.41, 5.74) is 0. The lowest BCUT2D eigenvalue weighted by atomic mass is 9.89. The van der Waals surface area contributed by atoms with E-state index in [1.165, 1.54) is 4.90 Å². The van der Waals surface area contributed by atoms with Gasteiger partial charge in [0.2, 0.25) is 11.8 Å².